The lowest BCUT2D eigenvalue weighted by Crippen LogP contribution is -2.40. The van der Waals surface area contributed by atoms with Crippen molar-refractivity contribution in [3.8, 4) is 0 Å². The number of rotatable bonds is 5. The van der Waals surface area contributed by atoms with Crippen LogP contribution in [0.1, 0.15) is 59.8 Å². The van der Waals surface area contributed by atoms with Gasteiger partial charge in [-0.25, -0.2) is 0 Å². The van der Waals surface area contributed by atoms with E-state index in [4.69, 9.17) is 5.11 Å². The molecule has 122 valence electrons. The number of hydrogen-bond donors (Lipinski definition) is 2. The molecule has 0 atom stereocenters. The first-order valence-electron chi connectivity index (χ1n) is 7.24. The van der Waals surface area contributed by atoms with E-state index in [1.54, 1.807) is 0 Å². The minimum absolute atomic E-state index is 0.161. The molecule has 3 amide bonds. The van der Waals surface area contributed by atoms with Crippen LogP contribution in [-0.4, -0.2) is 40.4 Å². The maximum Gasteiger partial charge on any atom is 0.303 e. The summed E-state index contributed by atoms with van der Waals surface area (Å²) in [6.45, 7) is 8.08. The summed E-state index contributed by atoms with van der Waals surface area (Å²) in [5.41, 5.74) is 0. The first-order chi connectivity index (χ1) is 9.92. The number of hydrogen-bond acceptors (Lipinski definition) is 4. The molecule has 0 unspecified atom stereocenters. The molecule has 0 aromatic carbocycles. The average molecular weight is 302 g/mol. The van der Waals surface area contributed by atoms with Gasteiger partial charge in [-0.15, -0.1) is 0 Å². The second-order valence-electron chi connectivity index (χ2n) is 4.07. The van der Waals surface area contributed by atoms with Crippen molar-refractivity contribution in [2.45, 2.75) is 59.8 Å². The summed E-state index contributed by atoms with van der Waals surface area (Å²) in [7, 11) is 0. The number of likely N-dealkylation sites (tertiary alicyclic amines) is 1. The number of amides is 3. The van der Waals surface area contributed by atoms with Crippen LogP contribution in [0.4, 0.5) is 0 Å². The van der Waals surface area contributed by atoms with Crippen LogP contribution in [0.2, 0.25) is 0 Å². The van der Waals surface area contributed by atoms with Crippen molar-refractivity contribution in [2.24, 2.45) is 0 Å². The Hall–Kier alpha value is -1.92. The number of imide groups is 1. The van der Waals surface area contributed by atoms with E-state index >= 15 is 0 Å². The Labute approximate surface area is 125 Å². The Morgan fingerprint density at radius 3 is 1.90 bits per heavy atom. The van der Waals surface area contributed by atoms with Gasteiger partial charge in [-0.3, -0.25) is 24.1 Å². The van der Waals surface area contributed by atoms with Crippen LogP contribution in [0.5, 0.6) is 0 Å². The summed E-state index contributed by atoms with van der Waals surface area (Å²) in [5.74, 6) is -2.19. The highest BCUT2D eigenvalue weighted by molar-refractivity contribution is 6.02. The molecule has 0 spiro atoms. The van der Waals surface area contributed by atoms with Gasteiger partial charge < -0.3 is 10.4 Å². The van der Waals surface area contributed by atoms with Crippen molar-refractivity contribution in [1.29, 1.82) is 0 Å². The van der Waals surface area contributed by atoms with Crippen LogP contribution >= 0.6 is 0 Å². The Balaban J connectivity index is 0. The lowest BCUT2D eigenvalue weighted by molar-refractivity contribution is -0.141. The molecule has 0 aromatic heterocycles. The summed E-state index contributed by atoms with van der Waals surface area (Å²) in [5, 5.41) is 10.7. The number of carboxylic acid groups (broad SMARTS) is 1. The molecule has 0 bridgehead atoms. The molecule has 1 fully saturated rings. The largest absolute Gasteiger partial charge is 0.481 e. The van der Waals surface area contributed by atoms with Gasteiger partial charge in [-0.05, 0) is 0 Å². The lowest BCUT2D eigenvalue weighted by atomic mass is 10.3. The van der Waals surface area contributed by atoms with Crippen molar-refractivity contribution in [3.05, 3.63) is 0 Å². The van der Waals surface area contributed by atoms with Crippen LogP contribution < -0.4 is 5.32 Å². The van der Waals surface area contributed by atoms with Gasteiger partial charge in [0.25, 0.3) is 0 Å². The van der Waals surface area contributed by atoms with Gasteiger partial charge in [0.05, 0.1) is 6.42 Å². The number of carboxylic acids is 1. The van der Waals surface area contributed by atoms with Crippen molar-refractivity contribution in [2.75, 3.05) is 6.67 Å². The Bertz CT molecular complexity index is 339. The zero-order valence-corrected chi connectivity index (χ0v) is 13.3. The molecule has 0 aliphatic carbocycles. The Morgan fingerprint density at radius 2 is 1.52 bits per heavy atom. The van der Waals surface area contributed by atoms with Crippen molar-refractivity contribution in [3.63, 3.8) is 0 Å². The van der Waals surface area contributed by atoms with Gasteiger partial charge in [0.1, 0.15) is 6.67 Å². The van der Waals surface area contributed by atoms with Crippen molar-refractivity contribution >= 4 is 23.7 Å². The third kappa shape index (κ3) is 10.5. The van der Waals surface area contributed by atoms with E-state index < -0.39 is 11.9 Å². The minimum Gasteiger partial charge on any atom is -0.481 e. The van der Waals surface area contributed by atoms with Crippen LogP contribution in [0.3, 0.4) is 0 Å². The SMILES string of the molecule is CC.CCC.O=C(O)CCC(=O)NCN1C(=O)CCC1=O. The quantitative estimate of drug-likeness (QED) is 0.749. The van der Waals surface area contributed by atoms with Gasteiger partial charge in [0.15, 0.2) is 0 Å². The maximum absolute atomic E-state index is 11.1. The summed E-state index contributed by atoms with van der Waals surface area (Å²) >= 11 is 0. The highest BCUT2D eigenvalue weighted by Gasteiger charge is 2.28. The van der Waals surface area contributed by atoms with E-state index in [0.717, 1.165) is 4.90 Å². The predicted octanol–water partition coefficient (Wildman–Crippen LogP) is 1.52. The predicted molar refractivity (Wildman–Crippen MR) is 78.3 cm³/mol. The van der Waals surface area contributed by atoms with Gasteiger partial charge in [0, 0.05) is 19.3 Å². The van der Waals surface area contributed by atoms with E-state index in [0.29, 0.717) is 0 Å². The zero-order valence-electron chi connectivity index (χ0n) is 13.3. The van der Waals surface area contributed by atoms with Crippen LogP contribution in [0.15, 0.2) is 0 Å². The number of aliphatic carboxylic acids is 1. The molecule has 1 saturated heterocycles. The van der Waals surface area contributed by atoms with Gasteiger partial charge in [-0.1, -0.05) is 34.1 Å². The molecule has 1 heterocycles. The van der Waals surface area contributed by atoms with Gasteiger partial charge in [0.2, 0.25) is 17.7 Å². The molecule has 7 nitrogen and oxygen atoms in total. The molecule has 2 N–H and O–H groups in total. The summed E-state index contributed by atoms with van der Waals surface area (Å²) in [4.78, 5) is 44.5. The third-order valence-corrected chi connectivity index (χ3v) is 2.16. The molecule has 0 saturated carbocycles. The fraction of sp³-hybridized carbons (Fsp3) is 0.714. The number of carbonyl (C=O) groups is 4. The average Bonchev–Trinajstić information content (AvgIpc) is 2.76. The highest BCUT2D eigenvalue weighted by Crippen LogP contribution is 2.09. The van der Waals surface area contributed by atoms with Crippen molar-refractivity contribution < 1.29 is 24.3 Å². The molecule has 1 aliphatic heterocycles. The lowest BCUT2D eigenvalue weighted by Gasteiger charge is -2.14. The van der Waals surface area contributed by atoms with Crippen LogP contribution in [0.25, 0.3) is 0 Å². The molecule has 21 heavy (non-hydrogen) atoms. The number of nitrogens with one attached hydrogen (secondary N) is 1. The summed E-state index contributed by atoms with van der Waals surface area (Å²) in [6, 6.07) is 0. The number of carbonyl (C=O) groups excluding carboxylic acids is 3. The monoisotopic (exact) mass is 302 g/mol. The normalized spacial score (nSPS) is 12.9. The smallest absolute Gasteiger partial charge is 0.303 e. The van der Waals surface area contributed by atoms with Crippen LogP contribution in [-0.2, 0) is 19.2 Å². The van der Waals surface area contributed by atoms with E-state index in [1.165, 1.54) is 6.42 Å². The summed E-state index contributed by atoms with van der Waals surface area (Å²) < 4.78 is 0. The second kappa shape index (κ2) is 13.1. The fourth-order valence-corrected chi connectivity index (χ4v) is 1.28. The Kier molecular flexibility index (Phi) is 13.3. The fourth-order valence-electron chi connectivity index (χ4n) is 1.28. The zero-order chi connectivity index (χ0) is 16.8. The first kappa shape index (κ1) is 21.4. The topological polar surface area (TPSA) is 104 Å². The van der Waals surface area contributed by atoms with Crippen molar-refractivity contribution in [1.82, 2.24) is 10.2 Å². The standard InChI is InChI=1S/C9H12N2O5.C3H8.C2H6/c12-6(1-4-9(15)16)10-5-11-7(13)2-3-8(11)14;1-3-2;1-2/h1-5H2,(H,10,12)(H,15,16);3H2,1-2H3;1-2H3. The molecular formula is C14H26N2O5. The molecule has 7 heteroatoms. The van der Waals surface area contributed by atoms with E-state index in [2.05, 4.69) is 19.2 Å². The van der Waals surface area contributed by atoms with E-state index in [1.807, 2.05) is 13.8 Å². The van der Waals surface area contributed by atoms with Gasteiger partial charge in [-0.2, -0.15) is 0 Å². The third-order valence-electron chi connectivity index (χ3n) is 2.16. The maximum atomic E-state index is 11.1. The molecule has 0 radical (unpaired) electrons. The highest BCUT2D eigenvalue weighted by atomic mass is 16.4. The van der Waals surface area contributed by atoms with E-state index in [9.17, 15) is 19.2 Å². The Morgan fingerprint density at radius 1 is 1.10 bits per heavy atom. The molecule has 1 aliphatic rings. The summed E-state index contributed by atoms with van der Waals surface area (Å²) in [6.07, 6.45) is 1.16. The minimum atomic E-state index is -1.07. The molecule has 1 rings (SSSR count). The first-order valence-corrected chi connectivity index (χ1v) is 7.24. The van der Waals surface area contributed by atoms with E-state index in [-0.39, 0.29) is 44.2 Å². The number of nitrogens with zero attached hydrogens (tertiary/aromatic N) is 1. The van der Waals surface area contributed by atoms with Gasteiger partial charge >= 0.3 is 5.97 Å². The molecular weight excluding hydrogens is 276 g/mol. The molecule has 0 aromatic rings. The second-order valence-corrected chi connectivity index (χ2v) is 4.07. The van der Waals surface area contributed by atoms with Crippen LogP contribution in [0, 0.1) is 0 Å².